The molecule has 1 saturated heterocycles. The summed E-state index contributed by atoms with van der Waals surface area (Å²) in [4.78, 5) is 22.6. The highest BCUT2D eigenvalue weighted by Gasteiger charge is 2.28. The molecule has 1 fully saturated rings. The van der Waals surface area contributed by atoms with Crippen LogP contribution in [-0.4, -0.2) is 48.8 Å². The summed E-state index contributed by atoms with van der Waals surface area (Å²) in [6.07, 6.45) is 5.48. The van der Waals surface area contributed by atoms with Crippen LogP contribution in [0.4, 0.5) is 0 Å². The van der Waals surface area contributed by atoms with Crippen LogP contribution in [0.5, 0.6) is 0 Å². The molecule has 2 aromatic heterocycles. The molecule has 0 radical (unpaired) electrons. The first-order valence-electron chi connectivity index (χ1n) is 8.07. The van der Waals surface area contributed by atoms with Gasteiger partial charge in [0.05, 0.1) is 6.54 Å². The molecule has 8 nitrogen and oxygen atoms in total. The van der Waals surface area contributed by atoms with Crippen LogP contribution in [0.2, 0.25) is 0 Å². The summed E-state index contributed by atoms with van der Waals surface area (Å²) in [6, 6.07) is 0. The lowest BCUT2D eigenvalue weighted by Crippen LogP contribution is -2.39. The van der Waals surface area contributed by atoms with Crippen molar-refractivity contribution in [1.29, 1.82) is 0 Å². The third kappa shape index (κ3) is 3.75. The quantitative estimate of drug-likeness (QED) is 0.831. The molecule has 2 aromatic rings. The minimum absolute atomic E-state index is 0.137. The fourth-order valence-corrected chi connectivity index (χ4v) is 2.78. The van der Waals surface area contributed by atoms with Crippen molar-refractivity contribution in [2.45, 2.75) is 51.5 Å². The number of carbonyl (C=O) groups is 1. The largest absolute Gasteiger partial charge is 0.342 e. The van der Waals surface area contributed by atoms with Gasteiger partial charge in [0.1, 0.15) is 12.7 Å². The van der Waals surface area contributed by atoms with Gasteiger partial charge in [-0.1, -0.05) is 19.0 Å². The topological polar surface area (TPSA) is 89.9 Å². The first kappa shape index (κ1) is 15.6. The molecule has 0 bridgehead atoms. The third-order valence-electron chi connectivity index (χ3n) is 4.11. The van der Waals surface area contributed by atoms with Gasteiger partial charge in [0.15, 0.2) is 5.82 Å². The number of likely N-dealkylation sites (tertiary alicyclic amines) is 1. The van der Waals surface area contributed by atoms with Crippen LogP contribution >= 0.6 is 0 Å². The van der Waals surface area contributed by atoms with Crippen molar-refractivity contribution < 1.29 is 9.32 Å². The predicted molar refractivity (Wildman–Crippen MR) is 81.6 cm³/mol. The fraction of sp³-hybridized carbons (Fsp3) is 0.667. The van der Waals surface area contributed by atoms with E-state index in [-0.39, 0.29) is 17.7 Å². The van der Waals surface area contributed by atoms with Gasteiger partial charge in [0.25, 0.3) is 0 Å². The van der Waals surface area contributed by atoms with Crippen LogP contribution in [0.3, 0.4) is 0 Å². The van der Waals surface area contributed by atoms with E-state index in [2.05, 4.69) is 20.2 Å². The minimum Gasteiger partial charge on any atom is -0.342 e. The van der Waals surface area contributed by atoms with Gasteiger partial charge >= 0.3 is 0 Å². The van der Waals surface area contributed by atoms with Crippen LogP contribution in [0.25, 0.3) is 0 Å². The Morgan fingerprint density at radius 1 is 1.48 bits per heavy atom. The normalized spacial score (nSPS) is 18.6. The average Bonchev–Trinajstić information content (AvgIpc) is 3.24. The second-order valence-corrected chi connectivity index (χ2v) is 6.23. The van der Waals surface area contributed by atoms with Gasteiger partial charge in [-0.3, -0.25) is 9.48 Å². The second kappa shape index (κ2) is 6.89. The SMILES string of the molecule is CC(C)c1nc([C@H]2CCCN(C(=O)CCn3cncn3)C2)no1. The lowest BCUT2D eigenvalue weighted by atomic mass is 9.97. The monoisotopic (exact) mass is 318 g/mol. The van der Waals surface area contributed by atoms with Gasteiger partial charge in [-0.2, -0.15) is 10.1 Å². The smallest absolute Gasteiger partial charge is 0.229 e. The van der Waals surface area contributed by atoms with E-state index in [1.807, 2.05) is 18.7 Å². The van der Waals surface area contributed by atoms with E-state index in [9.17, 15) is 4.79 Å². The minimum atomic E-state index is 0.137. The third-order valence-corrected chi connectivity index (χ3v) is 4.11. The number of aryl methyl sites for hydroxylation is 1. The van der Waals surface area contributed by atoms with Crippen molar-refractivity contribution in [3.8, 4) is 0 Å². The number of carbonyl (C=O) groups excluding carboxylic acids is 1. The number of aromatic nitrogens is 5. The molecule has 1 atom stereocenters. The summed E-state index contributed by atoms with van der Waals surface area (Å²) in [6.45, 7) is 6.06. The van der Waals surface area contributed by atoms with Crippen molar-refractivity contribution in [2.24, 2.45) is 0 Å². The van der Waals surface area contributed by atoms with E-state index in [0.29, 0.717) is 25.4 Å². The lowest BCUT2D eigenvalue weighted by Gasteiger charge is -2.31. The Labute approximate surface area is 134 Å². The highest BCUT2D eigenvalue weighted by molar-refractivity contribution is 5.76. The Hall–Kier alpha value is -2.25. The van der Waals surface area contributed by atoms with Gasteiger partial charge in [-0.25, -0.2) is 4.98 Å². The Morgan fingerprint density at radius 2 is 2.35 bits per heavy atom. The standard InChI is InChI=1S/C15H22N6O2/c1-11(2)15-18-14(19-23-15)12-4-3-6-20(8-12)13(22)5-7-21-10-16-9-17-21/h9-12H,3-8H2,1-2H3/t12-/m0/s1. The Kier molecular flexibility index (Phi) is 4.68. The molecule has 3 heterocycles. The highest BCUT2D eigenvalue weighted by Crippen LogP contribution is 2.26. The summed E-state index contributed by atoms with van der Waals surface area (Å²) in [5.41, 5.74) is 0. The van der Waals surface area contributed by atoms with Crippen molar-refractivity contribution in [2.75, 3.05) is 13.1 Å². The number of rotatable bonds is 5. The molecule has 124 valence electrons. The molecule has 1 amide bonds. The van der Waals surface area contributed by atoms with Crippen LogP contribution in [-0.2, 0) is 11.3 Å². The number of nitrogens with zero attached hydrogens (tertiary/aromatic N) is 6. The maximum absolute atomic E-state index is 12.4. The van der Waals surface area contributed by atoms with Crippen molar-refractivity contribution in [3.05, 3.63) is 24.4 Å². The van der Waals surface area contributed by atoms with Crippen molar-refractivity contribution >= 4 is 5.91 Å². The van der Waals surface area contributed by atoms with E-state index < -0.39 is 0 Å². The summed E-state index contributed by atoms with van der Waals surface area (Å²) >= 11 is 0. The van der Waals surface area contributed by atoms with Gasteiger partial charge in [0, 0.05) is 31.3 Å². The summed E-state index contributed by atoms with van der Waals surface area (Å²) in [5, 5.41) is 8.11. The molecule has 0 aromatic carbocycles. The van der Waals surface area contributed by atoms with Gasteiger partial charge in [-0.05, 0) is 12.8 Å². The molecule has 0 aliphatic carbocycles. The first-order chi connectivity index (χ1) is 11.1. The van der Waals surface area contributed by atoms with Crippen molar-refractivity contribution in [3.63, 3.8) is 0 Å². The average molecular weight is 318 g/mol. The van der Waals surface area contributed by atoms with Gasteiger partial charge in [0.2, 0.25) is 11.8 Å². The molecule has 1 aliphatic rings. The van der Waals surface area contributed by atoms with E-state index in [0.717, 1.165) is 25.2 Å². The maximum Gasteiger partial charge on any atom is 0.229 e. The van der Waals surface area contributed by atoms with Crippen LogP contribution in [0, 0.1) is 0 Å². The van der Waals surface area contributed by atoms with Crippen LogP contribution < -0.4 is 0 Å². The van der Waals surface area contributed by atoms with Crippen LogP contribution in [0.1, 0.15) is 56.7 Å². The molecule has 0 spiro atoms. The zero-order chi connectivity index (χ0) is 16.2. The first-order valence-corrected chi connectivity index (χ1v) is 8.07. The predicted octanol–water partition coefficient (Wildman–Crippen LogP) is 1.58. The number of amides is 1. The zero-order valence-corrected chi connectivity index (χ0v) is 13.6. The Morgan fingerprint density at radius 3 is 3.04 bits per heavy atom. The molecular formula is C15H22N6O2. The number of hydrogen-bond donors (Lipinski definition) is 0. The van der Waals surface area contributed by atoms with E-state index in [1.165, 1.54) is 6.33 Å². The summed E-state index contributed by atoms with van der Waals surface area (Å²) in [7, 11) is 0. The molecule has 1 aliphatic heterocycles. The van der Waals surface area contributed by atoms with Crippen LogP contribution in [0.15, 0.2) is 17.2 Å². The van der Waals surface area contributed by atoms with Gasteiger partial charge < -0.3 is 9.42 Å². The summed E-state index contributed by atoms with van der Waals surface area (Å²) in [5.74, 6) is 1.91. The maximum atomic E-state index is 12.4. The molecule has 23 heavy (non-hydrogen) atoms. The molecule has 0 unspecified atom stereocenters. The lowest BCUT2D eigenvalue weighted by molar-refractivity contribution is -0.132. The number of piperidine rings is 1. The molecule has 3 rings (SSSR count). The summed E-state index contributed by atoms with van der Waals surface area (Å²) < 4.78 is 6.96. The second-order valence-electron chi connectivity index (χ2n) is 6.23. The van der Waals surface area contributed by atoms with Crippen molar-refractivity contribution in [1.82, 2.24) is 29.8 Å². The fourth-order valence-electron chi connectivity index (χ4n) is 2.78. The molecular weight excluding hydrogens is 296 g/mol. The molecule has 0 N–H and O–H groups in total. The van der Waals surface area contributed by atoms with Gasteiger partial charge in [-0.15, -0.1) is 0 Å². The van der Waals surface area contributed by atoms with E-state index in [1.54, 1.807) is 11.0 Å². The zero-order valence-electron chi connectivity index (χ0n) is 13.6. The highest BCUT2D eigenvalue weighted by atomic mass is 16.5. The molecule has 8 heteroatoms. The van der Waals surface area contributed by atoms with E-state index in [4.69, 9.17) is 4.52 Å². The Bertz CT molecular complexity index is 636. The van der Waals surface area contributed by atoms with E-state index >= 15 is 0 Å². The Balaban J connectivity index is 1.57. The molecule has 0 saturated carbocycles. The number of hydrogen-bond acceptors (Lipinski definition) is 6.